The van der Waals surface area contributed by atoms with Crippen molar-refractivity contribution in [2.75, 3.05) is 18.1 Å². The third kappa shape index (κ3) is 2.91. The lowest BCUT2D eigenvalue weighted by Crippen LogP contribution is -2.48. The molecular weight excluding hydrogens is 325 g/mol. The van der Waals surface area contributed by atoms with Gasteiger partial charge in [0.1, 0.15) is 5.82 Å². The van der Waals surface area contributed by atoms with Gasteiger partial charge in [-0.1, -0.05) is 24.3 Å². The van der Waals surface area contributed by atoms with Crippen molar-refractivity contribution in [3.05, 3.63) is 47.8 Å². The third-order valence-electron chi connectivity index (χ3n) is 5.01. The zero-order valence-electron chi connectivity index (χ0n) is 13.4. The number of carbonyl (C=O) groups excluding carboxylic acids is 1. The van der Waals surface area contributed by atoms with Gasteiger partial charge < -0.3 is 10.1 Å². The Hall–Kier alpha value is -1.59. The quantitative estimate of drug-likeness (QED) is 0.901. The number of halogens is 1. The van der Waals surface area contributed by atoms with Crippen LogP contribution in [0.5, 0.6) is 0 Å². The molecule has 0 radical (unpaired) electrons. The summed E-state index contributed by atoms with van der Waals surface area (Å²) in [4.78, 5) is 12.8. The van der Waals surface area contributed by atoms with Crippen LogP contribution in [0, 0.1) is 5.82 Å². The van der Waals surface area contributed by atoms with Crippen molar-refractivity contribution in [3.8, 4) is 0 Å². The standard InChI is InChI=1S/C19H20FNO2S/c20-17-6-5-16(14-3-1-2-4-15(14)17)18(22)21-13-7-9-23-19(11-13)8-10-24-12-19/h1-6,13H,7-12H2,(H,21,22)/t13-,19+/m0/s1. The minimum atomic E-state index is -0.296. The van der Waals surface area contributed by atoms with E-state index in [1.54, 1.807) is 24.3 Å². The van der Waals surface area contributed by atoms with Crippen molar-refractivity contribution in [2.45, 2.75) is 30.9 Å². The van der Waals surface area contributed by atoms with E-state index in [-0.39, 0.29) is 23.4 Å². The van der Waals surface area contributed by atoms with Gasteiger partial charge in [-0.3, -0.25) is 4.79 Å². The topological polar surface area (TPSA) is 38.3 Å². The van der Waals surface area contributed by atoms with E-state index in [4.69, 9.17) is 4.74 Å². The van der Waals surface area contributed by atoms with Gasteiger partial charge in [-0.05, 0) is 42.5 Å². The number of rotatable bonds is 2. The number of carbonyl (C=O) groups is 1. The van der Waals surface area contributed by atoms with E-state index in [9.17, 15) is 9.18 Å². The fourth-order valence-electron chi connectivity index (χ4n) is 3.74. The van der Waals surface area contributed by atoms with Crippen LogP contribution in [-0.4, -0.2) is 35.7 Å². The van der Waals surface area contributed by atoms with Crippen molar-refractivity contribution in [2.24, 2.45) is 0 Å². The van der Waals surface area contributed by atoms with E-state index >= 15 is 0 Å². The van der Waals surface area contributed by atoms with Crippen LogP contribution in [0.3, 0.4) is 0 Å². The molecule has 1 N–H and O–H groups in total. The Morgan fingerprint density at radius 2 is 2.08 bits per heavy atom. The fourth-order valence-corrected chi connectivity index (χ4v) is 5.12. The zero-order chi connectivity index (χ0) is 16.6. The first-order valence-corrected chi connectivity index (χ1v) is 9.52. The molecule has 0 aromatic heterocycles. The van der Waals surface area contributed by atoms with Crippen LogP contribution in [0.1, 0.15) is 29.6 Å². The number of hydrogen-bond acceptors (Lipinski definition) is 3. The first-order valence-electron chi connectivity index (χ1n) is 8.37. The zero-order valence-corrected chi connectivity index (χ0v) is 14.2. The Bertz CT molecular complexity index is 773. The van der Waals surface area contributed by atoms with Crippen molar-refractivity contribution < 1.29 is 13.9 Å². The molecule has 2 saturated heterocycles. The number of amides is 1. The molecule has 2 aliphatic rings. The summed E-state index contributed by atoms with van der Waals surface area (Å²) in [7, 11) is 0. The van der Waals surface area contributed by atoms with E-state index in [1.807, 2.05) is 17.8 Å². The number of ether oxygens (including phenoxy) is 1. The highest BCUT2D eigenvalue weighted by atomic mass is 32.2. The molecule has 0 bridgehead atoms. The van der Waals surface area contributed by atoms with Gasteiger partial charge in [0.05, 0.1) is 5.60 Å². The molecule has 0 unspecified atom stereocenters. The molecular formula is C19H20FNO2S. The molecule has 2 atom stereocenters. The van der Waals surface area contributed by atoms with Crippen LogP contribution >= 0.6 is 11.8 Å². The van der Waals surface area contributed by atoms with Crippen molar-refractivity contribution >= 4 is 28.4 Å². The molecule has 2 fully saturated rings. The Balaban J connectivity index is 1.55. The highest BCUT2D eigenvalue weighted by Gasteiger charge is 2.40. The van der Waals surface area contributed by atoms with Gasteiger partial charge in [0.25, 0.3) is 5.91 Å². The van der Waals surface area contributed by atoms with Crippen LogP contribution in [0.15, 0.2) is 36.4 Å². The Labute approximate surface area is 144 Å². The summed E-state index contributed by atoms with van der Waals surface area (Å²) in [5, 5.41) is 4.29. The van der Waals surface area contributed by atoms with E-state index in [1.165, 1.54) is 6.07 Å². The Morgan fingerprint density at radius 3 is 2.88 bits per heavy atom. The summed E-state index contributed by atoms with van der Waals surface area (Å²) in [6, 6.07) is 10.2. The summed E-state index contributed by atoms with van der Waals surface area (Å²) in [5.41, 5.74) is 0.472. The van der Waals surface area contributed by atoms with Gasteiger partial charge >= 0.3 is 0 Å². The monoisotopic (exact) mass is 345 g/mol. The lowest BCUT2D eigenvalue weighted by Gasteiger charge is -2.38. The van der Waals surface area contributed by atoms with Gasteiger partial charge in [-0.25, -0.2) is 4.39 Å². The minimum absolute atomic E-state index is 0.0638. The highest BCUT2D eigenvalue weighted by Crippen LogP contribution is 2.38. The first kappa shape index (κ1) is 15.9. The van der Waals surface area contributed by atoms with Crippen molar-refractivity contribution in [3.63, 3.8) is 0 Å². The normalized spacial score (nSPS) is 26.8. The molecule has 4 rings (SSSR count). The maximum absolute atomic E-state index is 13.9. The van der Waals surface area contributed by atoms with Gasteiger partial charge in [0, 0.05) is 29.4 Å². The second-order valence-electron chi connectivity index (χ2n) is 6.64. The summed E-state index contributed by atoms with van der Waals surface area (Å²) in [6.45, 7) is 0.690. The fraction of sp³-hybridized carbons (Fsp3) is 0.421. The molecule has 1 amide bonds. The van der Waals surface area contributed by atoms with Crippen LogP contribution < -0.4 is 5.32 Å². The molecule has 0 saturated carbocycles. The van der Waals surface area contributed by atoms with Crippen LogP contribution in [0.4, 0.5) is 4.39 Å². The molecule has 24 heavy (non-hydrogen) atoms. The second kappa shape index (κ2) is 6.37. The summed E-state index contributed by atoms with van der Waals surface area (Å²) in [5.74, 6) is 1.72. The lowest BCUT2D eigenvalue weighted by atomic mass is 9.89. The number of benzene rings is 2. The number of fused-ring (bicyclic) bond motifs is 1. The predicted octanol–water partition coefficient (Wildman–Crippen LogP) is 3.76. The summed E-state index contributed by atoms with van der Waals surface area (Å²) in [6.07, 6.45) is 2.76. The third-order valence-corrected chi connectivity index (χ3v) is 6.23. The van der Waals surface area contributed by atoms with Crippen LogP contribution in [-0.2, 0) is 4.74 Å². The number of nitrogens with one attached hydrogen (secondary N) is 1. The van der Waals surface area contributed by atoms with Crippen LogP contribution in [0.25, 0.3) is 10.8 Å². The largest absolute Gasteiger partial charge is 0.374 e. The molecule has 126 valence electrons. The molecule has 2 aromatic carbocycles. The van der Waals surface area contributed by atoms with Crippen LogP contribution in [0.2, 0.25) is 0 Å². The maximum atomic E-state index is 13.9. The average Bonchev–Trinajstić information content (AvgIpc) is 3.03. The van der Waals surface area contributed by atoms with Crippen molar-refractivity contribution in [1.29, 1.82) is 0 Å². The second-order valence-corrected chi connectivity index (χ2v) is 7.74. The Kier molecular flexibility index (Phi) is 4.22. The molecule has 2 aliphatic heterocycles. The average molecular weight is 345 g/mol. The molecule has 5 heteroatoms. The van der Waals surface area contributed by atoms with Gasteiger partial charge in [0.2, 0.25) is 0 Å². The van der Waals surface area contributed by atoms with E-state index in [2.05, 4.69) is 5.32 Å². The van der Waals surface area contributed by atoms with E-state index in [0.29, 0.717) is 22.9 Å². The predicted molar refractivity (Wildman–Crippen MR) is 95.0 cm³/mol. The molecule has 3 nitrogen and oxygen atoms in total. The maximum Gasteiger partial charge on any atom is 0.252 e. The molecule has 2 heterocycles. The Morgan fingerprint density at radius 1 is 1.25 bits per heavy atom. The SMILES string of the molecule is O=C(N[C@H]1CCO[C@]2(CCSC2)C1)c1ccc(F)c2ccccc12. The summed E-state index contributed by atoms with van der Waals surface area (Å²) >= 11 is 1.92. The van der Waals surface area contributed by atoms with Gasteiger partial charge in [-0.2, -0.15) is 11.8 Å². The molecule has 0 aliphatic carbocycles. The lowest BCUT2D eigenvalue weighted by molar-refractivity contribution is -0.0688. The first-order chi connectivity index (χ1) is 11.7. The minimum Gasteiger partial charge on any atom is -0.374 e. The molecule has 2 aromatic rings. The van der Waals surface area contributed by atoms with Gasteiger partial charge in [-0.15, -0.1) is 0 Å². The highest BCUT2D eigenvalue weighted by molar-refractivity contribution is 7.99. The smallest absolute Gasteiger partial charge is 0.252 e. The number of thioether (sulfide) groups is 1. The summed E-state index contributed by atoms with van der Waals surface area (Å²) < 4.78 is 19.9. The van der Waals surface area contributed by atoms with Crippen molar-refractivity contribution in [1.82, 2.24) is 5.32 Å². The van der Waals surface area contributed by atoms with E-state index < -0.39 is 0 Å². The van der Waals surface area contributed by atoms with E-state index in [0.717, 1.165) is 30.8 Å². The van der Waals surface area contributed by atoms with Gasteiger partial charge in [0.15, 0.2) is 0 Å². The molecule has 1 spiro atoms. The number of hydrogen-bond donors (Lipinski definition) is 1.